The molecule has 28 heavy (non-hydrogen) atoms. The normalized spacial score (nSPS) is 22.8. The highest BCUT2D eigenvalue weighted by atomic mass is 16.5. The van der Waals surface area contributed by atoms with Gasteiger partial charge in [-0.05, 0) is 43.4 Å². The van der Waals surface area contributed by atoms with Gasteiger partial charge in [0.05, 0.1) is 0 Å². The molecule has 1 saturated carbocycles. The number of H-pyrrole nitrogens is 1. The summed E-state index contributed by atoms with van der Waals surface area (Å²) < 4.78 is 5.32. The molecule has 2 fully saturated rings. The summed E-state index contributed by atoms with van der Waals surface area (Å²) in [5.41, 5.74) is 4.16. The molecule has 3 heterocycles. The summed E-state index contributed by atoms with van der Waals surface area (Å²) in [5.74, 6) is 1.58. The molecule has 1 aromatic carbocycles. The smallest absolute Gasteiger partial charge is 0.273 e. The Morgan fingerprint density at radius 3 is 3.00 bits per heavy atom. The second-order valence-electron chi connectivity index (χ2n) is 8.50. The monoisotopic (exact) mass is 378 g/mol. The van der Waals surface area contributed by atoms with Crippen LogP contribution in [-0.4, -0.2) is 40.1 Å². The van der Waals surface area contributed by atoms with Crippen LogP contribution in [0.5, 0.6) is 0 Å². The van der Waals surface area contributed by atoms with Crippen molar-refractivity contribution in [3.63, 3.8) is 0 Å². The summed E-state index contributed by atoms with van der Waals surface area (Å²) in [6.45, 7) is 7.02. The van der Waals surface area contributed by atoms with Crippen molar-refractivity contribution in [3.05, 3.63) is 53.0 Å². The standard InChI is InChI=1S/C22H26N4O2/c1-13-3-6-18-17(7-13)16(9-23-18)11-26-10-14(2)20(12-26)24-22(27)19-8-21(28-25-19)15-4-5-15/h3,6-9,14-15,20,23H,4-5,10-12H2,1-2H3,(H,24,27)/t14-,20+/m0/s1. The minimum atomic E-state index is -0.128. The molecule has 6 heteroatoms. The van der Waals surface area contributed by atoms with Crippen LogP contribution < -0.4 is 5.32 Å². The first-order valence-corrected chi connectivity index (χ1v) is 10.1. The Bertz CT molecular complexity index is 1020. The third-order valence-electron chi connectivity index (χ3n) is 6.06. The van der Waals surface area contributed by atoms with Gasteiger partial charge in [-0.3, -0.25) is 9.69 Å². The molecule has 5 rings (SSSR count). The first-order valence-electron chi connectivity index (χ1n) is 10.1. The number of carbonyl (C=O) groups excluding carboxylic acids is 1. The number of fused-ring (bicyclic) bond motifs is 1. The number of aryl methyl sites for hydroxylation is 1. The SMILES string of the molecule is Cc1ccc2[nH]cc(CN3C[C@H](C)[C@H](NC(=O)c4cc(C5CC5)on4)C3)c2c1. The molecule has 2 atom stereocenters. The molecule has 2 N–H and O–H groups in total. The third kappa shape index (κ3) is 3.33. The van der Waals surface area contributed by atoms with Gasteiger partial charge in [0, 0.05) is 54.8 Å². The minimum Gasteiger partial charge on any atom is -0.361 e. The van der Waals surface area contributed by atoms with E-state index in [0.717, 1.165) is 38.2 Å². The summed E-state index contributed by atoms with van der Waals surface area (Å²) in [5, 5.41) is 8.41. The number of aromatic amines is 1. The molecule has 2 aliphatic rings. The average Bonchev–Trinajstić information content (AvgIpc) is 3.11. The Morgan fingerprint density at radius 1 is 1.32 bits per heavy atom. The highest BCUT2D eigenvalue weighted by Gasteiger charge is 2.33. The lowest BCUT2D eigenvalue weighted by atomic mass is 10.1. The van der Waals surface area contributed by atoms with Crippen LogP contribution >= 0.6 is 0 Å². The number of benzene rings is 1. The number of carbonyl (C=O) groups is 1. The fourth-order valence-electron chi connectivity index (χ4n) is 4.25. The zero-order valence-corrected chi connectivity index (χ0v) is 16.4. The molecule has 146 valence electrons. The Labute approximate surface area is 164 Å². The van der Waals surface area contributed by atoms with Crippen LogP contribution in [0.4, 0.5) is 0 Å². The summed E-state index contributed by atoms with van der Waals surface area (Å²) in [4.78, 5) is 18.4. The van der Waals surface area contributed by atoms with Crippen molar-refractivity contribution < 1.29 is 9.32 Å². The van der Waals surface area contributed by atoms with Gasteiger partial charge in [-0.1, -0.05) is 23.7 Å². The molecular weight excluding hydrogens is 352 g/mol. The van der Waals surface area contributed by atoms with Gasteiger partial charge in [-0.25, -0.2) is 0 Å². The van der Waals surface area contributed by atoms with Crippen LogP contribution in [0.25, 0.3) is 10.9 Å². The van der Waals surface area contributed by atoms with E-state index in [1.54, 1.807) is 6.07 Å². The highest BCUT2D eigenvalue weighted by Crippen LogP contribution is 2.40. The molecule has 0 bridgehead atoms. The molecule has 0 unspecified atom stereocenters. The maximum Gasteiger partial charge on any atom is 0.273 e. The third-order valence-corrected chi connectivity index (χ3v) is 6.06. The van der Waals surface area contributed by atoms with Crippen molar-refractivity contribution in [2.24, 2.45) is 5.92 Å². The first-order chi connectivity index (χ1) is 13.6. The maximum absolute atomic E-state index is 12.6. The Morgan fingerprint density at radius 2 is 2.18 bits per heavy atom. The fourth-order valence-corrected chi connectivity index (χ4v) is 4.25. The van der Waals surface area contributed by atoms with E-state index >= 15 is 0 Å². The predicted octanol–water partition coefficient (Wildman–Crippen LogP) is 3.59. The average molecular weight is 378 g/mol. The largest absolute Gasteiger partial charge is 0.361 e. The van der Waals surface area contributed by atoms with Crippen molar-refractivity contribution >= 4 is 16.8 Å². The number of nitrogens with one attached hydrogen (secondary N) is 2. The zero-order chi connectivity index (χ0) is 19.3. The molecular formula is C22H26N4O2. The van der Waals surface area contributed by atoms with Gasteiger partial charge in [0.15, 0.2) is 5.69 Å². The maximum atomic E-state index is 12.6. The Balaban J connectivity index is 1.24. The van der Waals surface area contributed by atoms with E-state index in [4.69, 9.17) is 4.52 Å². The molecule has 1 saturated heterocycles. The van der Waals surface area contributed by atoms with Crippen molar-refractivity contribution in [1.29, 1.82) is 0 Å². The lowest BCUT2D eigenvalue weighted by molar-refractivity contribution is 0.0922. The molecule has 6 nitrogen and oxygen atoms in total. The van der Waals surface area contributed by atoms with Crippen molar-refractivity contribution in [3.8, 4) is 0 Å². The van der Waals surface area contributed by atoms with Crippen LogP contribution in [0.1, 0.15) is 53.1 Å². The number of hydrogen-bond donors (Lipinski definition) is 2. The van der Waals surface area contributed by atoms with E-state index in [9.17, 15) is 4.79 Å². The molecule has 1 amide bonds. The van der Waals surface area contributed by atoms with E-state index < -0.39 is 0 Å². The lowest BCUT2D eigenvalue weighted by Crippen LogP contribution is -2.39. The second kappa shape index (κ2) is 6.78. The number of likely N-dealkylation sites (tertiary alicyclic amines) is 1. The molecule has 0 spiro atoms. The molecule has 1 aliphatic carbocycles. The van der Waals surface area contributed by atoms with Gasteiger partial charge in [-0.15, -0.1) is 0 Å². The molecule has 2 aromatic heterocycles. The molecule has 3 aromatic rings. The van der Waals surface area contributed by atoms with Crippen molar-refractivity contribution in [2.75, 3.05) is 13.1 Å². The second-order valence-corrected chi connectivity index (χ2v) is 8.50. The van der Waals surface area contributed by atoms with E-state index in [1.807, 2.05) is 0 Å². The van der Waals surface area contributed by atoms with Crippen molar-refractivity contribution in [2.45, 2.75) is 45.2 Å². The predicted molar refractivity (Wildman–Crippen MR) is 107 cm³/mol. The number of aromatic nitrogens is 2. The van der Waals surface area contributed by atoms with Crippen LogP contribution in [0, 0.1) is 12.8 Å². The van der Waals surface area contributed by atoms with Crippen molar-refractivity contribution in [1.82, 2.24) is 20.4 Å². The van der Waals surface area contributed by atoms with Crippen LogP contribution in [0.3, 0.4) is 0 Å². The quantitative estimate of drug-likeness (QED) is 0.711. The van der Waals surface area contributed by atoms with Crippen LogP contribution in [0.15, 0.2) is 35.0 Å². The van der Waals surface area contributed by atoms with Gasteiger partial charge < -0.3 is 14.8 Å². The summed E-state index contributed by atoms with van der Waals surface area (Å²) in [7, 11) is 0. The highest BCUT2D eigenvalue weighted by molar-refractivity contribution is 5.92. The van der Waals surface area contributed by atoms with Crippen LogP contribution in [0.2, 0.25) is 0 Å². The first kappa shape index (κ1) is 17.5. The van der Waals surface area contributed by atoms with Gasteiger partial charge in [0.2, 0.25) is 0 Å². The molecule has 0 radical (unpaired) electrons. The Hall–Kier alpha value is -2.60. The van der Waals surface area contributed by atoms with Crippen LogP contribution in [-0.2, 0) is 6.54 Å². The van der Waals surface area contributed by atoms with Gasteiger partial charge in [-0.2, -0.15) is 0 Å². The van der Waals surface area contributed by atoms with E-state index in [-0.39, 0.29) is 11.9 Å². The number of rotatable bonds is 5. The minimum absolute atomic E-state index is 0.125. The van der Waals surface area contributed by atoms with E-state index in [1.165, 1.54) is 22.0 Å². The zero-order valence-electron chi connectivity index (χ0n) is 16.4. The number of nitrogens with zero attached hydrogens (tertiary/aromatic N) is 2. The fraction of sp³-hybridized carbons (Fsp3) is 0.455. The summed E-state index contributed by atoms with van der Waals surface area (Å²) in [6.07, 6.45) is 4.38. The Kier molecular flexibility index (Phi) is 4.23. The summed E-state index contributed by atoms with van der Waals surface area (Å²) >= 11 is 0. The van der Waals surface area contributed by atoms with Gasteiger partial charge >= 0.3 is 0 Å². The topological polar surface area (TPSA) is 74.2 Å². The van der Waals surface area contributed by atoms with Gasteiger partial charge in [0.1, 0.15) is 5.76 Å². The lowest BCUT2D eigenvalue weighted by Gasteiger charge is -2.16. The van der Waals surface area contributed by atoms with E-state index in [2.05, 4.69) is 58.6 Å². The van der Waals surface area contributed by atoms with E-state index in [0.29, 0.717) is 17.5 Å². The number of amides is 1. The summed E-state index contributed by atoms with van der Waals surface area (Å²) in [6, 6.07) is 8.43. The molecule has 1 aliphatic heterocycles. The number of hydrogen-bond acceptors (Lipinski definition) is 4. The van der Waals surface area contributed by atoms with Gasteiger partial charge in [0.25, 0.3) is 5.91 Å².